The Balaban J connectivity index is 2.56. The lowest BCUT2D eigenvalue weighted by atomic mass is 9.95. The van der Waals surface area contributed by atoms with E-state index in [1.165, 1.54) is 13.0 Å². The minimum absolute atomic E-state index is 0.113. The first-order chi connectivity index (χ1) is 10.8. The first kappa shape index (κ1) is 16.8. The zero-order chi connectivity index (χ0) is 17.3. The molecule has 1 heterocycles. The number of benzene rings is 1. The highest BCUT2D eigenvalue weighted by atomic mass is 16.6. The largest absolute Gasteiger partial charge is 0.507 e. The van der Waals surface area contributed by atoms with E-state index < -0.39 is 18.2 Å². The number of esters is 1. The first-order valence-electron chi connectivity index (χ1n) is 7.30. The van der Waals surface area contributed by atoms with E-state index in [0.717, 1.165) is 0 Å². The molecule has 0 fully saturated rings. The van der Waals surface area contributed by atoms with Gasteiger partial charge in [-0.3, -0.25) is 4.79 Å². The second-order valence-electron chi connectivity index (χ2n) is 5.61. The molecule has 0 radical (unpaired) electrons. The van der Waals surface area contributed by atoms with E-state index in [4.69, 9.17) is 9.47 Å². The van der Waals surface area contributed by atoms with Gasteiger partial charge in [-0.15, -0.1) is 0 Å². The number of allylic oxidation sites excluding steroid dienone is 1. The maximum Gasteiger partial charge on any atom is 0.334 e. The highest BCUT2D eigenvalue weighted by molar-refractivity contribution is 5.99. The van der Waals surface area contributed by atoms with Gasteiger partial charge < -0.3 is 14.6 Å². The average Bonchev–Trinajstić information content (AvgIpc) is 2.84. The molecule has 5 heteroatoms. The normalized spacial score (nSPS) is 19.7. The van der Waals surface area contributed by atoms with Crippen molar-refractivity contribution in [1.29, 1.82) is 0 Å². The van der Waals surface area contributed by atoms with Crippen LogP contribution in [0.15, 0.2) is 35.9 Å². The maximum atomic E-state index is 12.2. The molecule has 1 aliphatic rings. The molecule has 1 aromatic carbocycles. The topological polar surface area (TPSA) is 72.8 Å². The monoisotopic (exact) mass is 316 g/mol. The number of carbonyl (C=O) groups is 2. The Bertz CT molecular complexity index is 714. The van der Waals surface area contributed by atoms with Gasteiger partial charge in [0.15, 0.2) is 18.0 Å². The molecule has 0 bridgehead atoms. The maximum absolute atomic E-state index is 12.2. The average molecular weight is 316 g/mol. The molecule has 122 valence electrons. The zero-order valence-corrected chi connectivity index (χ0v) is 13.7. The van der Waals surface area contributed by atoms with Crippen LogP contribution in [0.1, 0.15) is 49.7 Å². The van der Waals surface area contributed by atoms with E-state index in [1.807, 2.05) is 0 Å². The van der Waals surface area contributed by atoms with Crippen LogP contribution in [-0.4, -0.2) is 23.0 Å². The second kappa shape index (κ2) is 6.28. The number of ether oxygens (including phenoxy) is 2. The summed E-state index contributed by atoms with van der Waals surface area (Å²) in [5, 5.41) is 10.0. The summed E-state index contributed by atoms with van der Waals surface area (Å²) in [7, 11) is 0. The number of aromatic hydroxyl groups is 1. The smallest absolute Gasteiger partial charge is 0.334 e. The van der Waals surface area contributed by atoms with Crippen molar-refractivity contribution < 1.29 is 24.2 Å². The van der Waals surface area contributed by atoms with Crippen molar-refractivity contribution in [3.05, 3.63) is 47.1 Å². The van der Waals surface area contributed by atoms with E-state index in [-0.39, 0.29) is 17.1 Å². The summed E-state index contributed by atoms with van der Waals surface area (Å²) in [6.45, 7) is 10.3. The predicted octanol–water partition coefficient (Wildman–Crippen LogP) is 3.48. The Hall–Kier alpha value is -2.56. The van der Waals surface area contributed by atoms with Crippen molar-refractivity contribution in [1.82, 2.24) is 0 Å². The van der Waals surface area contributed by atoms with Gasteiger partial charge in [-0.25, -0.2) is 4.79 Å². The van der Waals surface area contributed by atoms with Crippen molar-refractivity contribution in [3.63, 3.8) is 0 Å². The van der Waals surface area contributed by atoms with Gasteiger partial charge in [-0.2, -0.15) is 0 Å². The van der Waals surface area contributed by atoms with Gasteiger partial charge in [0.1, 0.15) is 11.5 Å². The lowest BCUT2D eigenvalue weighted by Gasteiger charge is -2.20. The van der Waals surface area contributed by atoms with Crippen molar-refractivity contribution in [3.8, 4) is 11.5 Å². The van der Waals surface area contributed by atoms with Crippen LogP contribution < -0.4 is 4.74 Å². The van der Waals surface area contributed by atoms with E-state index in [2.05, 4.69) is 6.58 Å². The van der Waals surface area contributed by atoms with Crippen LogP contribution in [0.4, 0.5) is 0 Å². The Morgan fingerprint density at radius 2 is 1.96 bits per heavy atom. The molecule has 2 rings (SSSR count). The molecule has 0 aliphatic carbocycles. The van der Waals surface area contributed by atoms with Gasteiger partial charge in [-0.05, 0) is 45.4 Å². The minimum Gasteiger partial charge on any atom is -0.507 e. The van der Waals surface area contributed by atoms with Gasteiger partial charge in [-0.1, -0.05) is 12.7 Å². The van der Waals surface area contributed by atoms with E-state index in [0.29, 0.717) is 22.5 Å². The van der Waals surface area contributed by atoms with E-state index in [1.54, 1.807) is 32.9 Å². The molecular formula is C18H20O5. The first-order valence-corrected chi connectivity index (χ1v) is 7.30. The quantitative estimate of drug-likeness (QED) is 0.398. The molecule has 0 saturated heterocycles. The van der Waals surface area contributed by atoms with E-state index >= 15 is 0 Å². The number of phenolic OH excluding ortho intramolecular Hbond substituents is 1. The standard InChI is InChI=1S/C18H20O5/c1-6-10(4)18(21)23-17-15-13(22-16(17)9(2)3)8-7-12(20)14(15)11(5)19/h6-8,16-17,20H,2H2,1,3-5H3/b10-6-/t16-,17+/m0/s1. The summed E-state index contributed by atoms with van der Waals surface area (Å²) in [5.41, 5.74) is 1.61. The summed E-state index contributed by atoms with van der Waals surface area (Å²) < 4.78 is 11.3. The van der Waals surface area contributed by atoms with Crippen LogP contribution in [0.5, 0.6) is 11.5 Å². The number of phenols is 1. The molecule has 0 unspecified atom stereocenters. The third kappa shape index (κ3) is 2.99. The fourth-order valence-electron chi connectivity index (χ4n) is 2.50. The molecule has 1 aromatic rings. The molecule has 2 atom stereocenters. The molecule has 0 spiro atoms. The van der Waals surface area contributed by atoms with Crippen LogP contribution in [0.2, 0.25) is 0 Å². The molecule has 1 N–H and O–H groups in total. The number of fused-ring (bicyclic) bond motifs is 1. The fraction of sp³-hybridized carbons (Fsp3) is 0.333. The number of ketones is 1. The van der Waals surface area contributed by atoms with Gasteiger partial charge in [0.05, 0.1) is 11.1 Å². The Kier molecular flexibility index (Phi) is 4.59. The van der Waals surface area contributed by atoms with Gasteiger partial charge >= 0.3 is 5.97 Å². The number of hydrogen-bond donors (Lipinski definition) is 1. The van der Waals surface area contributed by atoms with Crippen LogP contribution in [0.25, 0.3) is 0 Å². The molecule has 0 saturated carbocycles. The van der Waals surface area contributed by atoms with Crippen molar-refractivity contribution in [2.45, 2.75) is 39.9 Å². The fourth-order valence-corrected chi connectivity index (χ4v) is 2.50. The van der Waals surface area contributed by atoms with Crippen LogP contribution in [0.3, 0.4) is 0 Å². The minimum atomic E-state index is -0.823. The third-order valence-corrected chi connectivity index (χ3v) is 3.82. The number of carbonyl (C=O) groups excluding carboxylic acids is 2. The summed E-state index contributed by atoms with van der Waals surface area (Å²) in [4.78, 5) is 24.1. The molecule has 23 heavy (non-hydrogen) atoms. The number of hydrogen-bond acceptors (Lipinski definition) is 5. The third-order valence-electron chi connectivity index (χ3n) is 3.82. The molecule has 0 amide bonds. The highest BCUT2D eigenvalue weighted by Crippen LogP contribution is 2.46. The zero-order valence-electron chi connectivity index (χ0n) is 13.7. The van der Waals surface area contributed by atoms with Crippen LogP contribution in [-0.2, 0) is 9.53 Å². The Labute approximate surface area is 135 Å². The van der Waals surface area contributed by atoms with Crippen molar-refractivity contribution in [2.75, 3.05) is 0 Å². The van der Waals surface area contributed by atoms with Gasteiger partial charge in [0.25, 0.3) is 0 Å². The number of Topliss-reactive ketones (excluding diaryl/α,β-unsaturated/α-hetero) is 1. The lowest BCUT2D eigenvalue weighted by Crippen LogP contribution is -2.25. The van der Waals surface area contributed by atoms with Crippen LogP contribution >= 0.6 is 0 Å². The summed E-state index contributed by atoms with van der Waals surface area (Å²) in [6, 6.07) is 2.95. The SMILES string of the molecule is C=C(C)[C@@H]1Oc2ccc(O)c(C(C)=O)c2[C@H]1OC(=O)/C(C)=C\C. The number of rotatable bonds is 4. The van der Waals surface area contributed by atoms with Gasteiger partial charge in [0.2, 0.25) is 0 Å². The van der Waals surface area contributed by atoms with Gasteiger partial charge in [0, 0.05) is 5.57 Å². The van der Waals surface area contributed by atoms with Crippen molar-refractivity contribution in [2.24, 2.45) is 0 Å². The van der Waals surface area contributed by atoms with Crippen molar-refractivity contribution >= 4 is 11.8 Å². The Morgan fingerprint density at radius 3 is 2.48 bits per heavy atom. The highest BCUT2D eigenvalue weighted by Gasteiger charge is 2.41. The second-order valence-corrected chi connectivity index (χ2v) is 5.61. The molecule has 0 aromatic heterocycles. The molecule has 5 nitrogen and oxygen atoms in total. The Morgan fingerprint density at radius 1 is 1.30 bits per heavy atom. The summed E-state index contributed by atoms with van der Waals surface area (Å²) in [6.07, 6.45) is 0.220. The molecular weight excluding hydrogens is 296 g/mol. The summed E-state index contributed by atoms with van der Waals surface area (Å²) in [5.74, 6) is -0.574. The lowest BCUT2D eigenvalue weighted by molar-refractivity contribution is -0.147. The summed E-state index contributed by atoms with van der Waals surface area (Å²) >= 11 is 0. The van der Waals surface area contributed by atoms with E-state index in [9.17, 15) is 14.7 Å². The predicted molar refractivity (Wildman–Crippen MR) is 85.6 cm³/mol. The van der Waals surface area contributed by atoms with Crippen LogP contribution in [0, 0.1) is 0 Å². The molecule has 1 aliphatic heterocycles.